The number of carbonyl (C=O) groups excluding carboxylic acids is 2. The fraction of sp³-hybridized carbons (Fsp3) is 0.961. The van der Waals surface area contributed by atoms with E-state index in [0.29, 0.717) is 13.2 Å². The molecule has 0 N–H and O–H groups in total. The SMILES string of the molecule is CCCCCCCCC(CCCCCC)C(=O)OCCCCCCN(CCCC)CCCCC(C)C.CCCCCCCC[C@@H](CCCCCC)C(=O)OCC. The second-order valence-electron chi connectivity index (χ2n) is 17.6. The summed E-state index contributed by atoms with van der Waals surface area (Å²) in [5, 5.41) is 0. The van der Waals surface area contributed by atoms with Gasteiger partial charge in [-0.3, -0.25) is 9.59 Å². The maximum absolute atomic E-state index is 12.8. The summed E-state index contributed by atoms with van der Waals surface area (Å²) in [6, 6.07) is 0. The number of rotatable bonds is 42. The Morgan fingerprint density at radius 1 is 0.375 bits per heavy atom. The number of hydrogen-bond donors (Lipinski definition) is 0. The smallest absolute Gasteiger partial charge is 0.308 e. The van der Waals surface area contributed by atoms with Crippen molar-refractivity contribution in [1.82, 2.24) is 4.90 Å². The lowest BCUT2D eigenvalue weighted by Gasteiger charge is -2.22. The quantitative estimate of drug-likeness (QED) is 0.0455. The Balaban J connectivity index is 0. The van der Waals surface area contributed by atoms with Crippen LogP contribution < -0.4 is 0 Å². The Labute approximate surface area is 352 Å². The zero-order valence-electron chi connectivity index (χ0n) is 39.7. The van der Waals surface area contributed by atoms with Gasteiger partial charge in [0, 0.05) is 0 Å². The lowest BCUT2D eigenvalue weighted by atomic mass is 9.94. The largest absolute Gasteiger partial charge is 0.466 e. The van der Waals surface area contributed by atoms with Gasteiger partial charge in [0.1, 0.15) is 0 Å². The monoisotopic (exact) mass is 794 g/mol. The summed E-state index contributed by atoms with van der Waals surface area (Å²) in [7, 11) is 0. The lowest BCUT2D eigenvalue weighted by Crippen LogP contribution is -2.27. The van der Waals surface area contributed by atoms with E-state index in [0.717, 1.165) is 38.0 Å². The fourth-order valence-electron chi connectivity index (χ4n) is 7.68. The molecule has 0 aromatic carbocycles. The van der Waals surface area contributed by atoms with Gasteiger partial charge in [-0.15, -0.1) is 0 Å². The van der Waals surface area contributed by atoms with Crippen LogP contribution in [0.5, 0.6) is 0 Å². The third-order valence-corrected chi connectivity index (χ3v) is 11.5. The summed E-state index contributed by atoms with van der Waals surface area (Å²) in [5.74, 6) is 1.24. The van der Waals surface area contributed by atoms with E-state index in [1.165, 1.54) is 199 Å². The van der Waals surface area contributed by atoms with Gasteiger partial charge in [-0.2, -0.15) is 0 Å². The molecule has 0 saturated heterocycles. The number of unbranched alkanes of at least 4 members (excludes halogenated alkanes) is 21. The van der Waals surface area contributed by atoms with Crippen LogP contribution in [0.1, 0.15) is 267 Å². The number of esters is 2. The average Bonchev–Trinajstić information content (AvgIpc) is 3.19. The number of ether oxygens (including phenoxy) is 2. The second kappa shape index (κ2) is 46.6. The fourth-order valence-corrected chi connectivity index (χ4v) is 7.68. The van der Waals surface area contributed by atoms with Gasteiger partial charge in [0.25, 0.3) is 0 Å². The Morgan fingerprint density at radius 2 is 0.696 bits per heavy atom. The minimum atomic E-state index is 0.0394. The molecule has 0 aliphatic heterocycles. The molecule has 0 aromatic heterocycles. The molecule has 0 radical (unpaired) electrons. The maximum Gasteiger partial charge on any atom is 0.308 e. The summed E-state index contributed by atoms with van der Waals surface area (Å²) in [6.07, 6.45) is 40.9. The van der Waals surface area contributed by atoms with Crippen molar-refractivity contribution in [3.63, 3.8) is 0 Å². The van der Waals surface area contributed by atoms with Crippen molar-refractivity contribution < 1.29 is 19.1 Å². The predicted octanol–water partition coefficient (Wildman–Crippen LogP) is 16.2. The van der Waals surface area contributed by atoms with E-state index in [1.807, 2.05) is 6.92 Å². The van der Waals surface area contributed by atoms with Crippen molar-refractivity contribution in [2.24, 2.45) is 17.8 Å². The minimum absolute atomic E-state index is 0.0394. The Hall–Kier alpha value is -1.10. The summed E-state index contributed by atoms with van der Waals surface area (Å²) in [4.78, 5) is 27.4. The molecule has 0 aliphatic rings. The highest BCUT2D eigenvalue weighted by Crippen LogP contribution is 2.22. The third-order valence-electron chi connectivity index (χ3n) is 11.5. The molecule has 0 rings (SSSR count). The topological polar surface area (TPSA) is 55.8 Å². The van der Waals surface area contributed by atoms with E-state index in [1.54, 1.807) is 0 Å². The molecule has 0 spiro atoms. The molecule has 0 saturated carbocycles. The lowest BCUT2D eigenvalue weighted by molar-refractivity contribution is -0.149. The number of carbonyl (C=O) groups is 2. The van der Waals surface area contributed by atoms with Crippen LogP contribution in [0.25, 0.3) is 0 Å². The molecule has 0 fully saturated rings. The molecule has 0 heterocycles. The van der Waals surface area contributed by atoms with Gasteiger partial charge in [-0.05, 0) is 83.8 Å². The first-order valence-corrected chi connectivity index (χ1v) is 25.4. The Kier molecular flexibility index (Phi) is 47.4. The first-order chi connectivity index (χ1) is 27.3. The van der Waals surface area contributed by atoms with Gasteiger partial charge >= 0.3 is 11.9 Å². The summed E-state index contributed by atoms with van der Waals surface area (Å²) in [6.45, 7) is 22.7. The molecule has 0 amide bonds. The first kappa shape index (κ1) is 57.0. The van der Waals surface area contributed by atoms with Crippen molar-refractivity contribution in [1.29, 1.82) is 0 Å². The van der Waals surface area contributed by atoms with Crippen LogP contribution in [0.3, 0.4) is 0 Å². The van der Waals surface area contributed by atoms with E-state index < -0.39 is 0 Å². The molecule has 0 aromatic rings. The van der Waals surface area contributed by atoms with Crippen molar-refractivity contribution in [2.75, 3.05) is 32.8 Å². The van der Waals surface area contributed by atoms with E-state index in [9.17, 15) is 9.59 Å². The molecule has 2 atom stereocenters. The second-order valence-corrected chi connectivity index (χ2v) is 17.6. The van der Waals surface area contributed by atoms with Crippen molar-refractivity contribution in [3.05, 3.63) is 0 Å². The zero-order chi connectivity index (χ0) is 41.7. The Morgan fingerprint density at radius 3 is 1.12 bits per heavy atom. The summed E-state index contributed by atoms with van der Waals surface area (Å²) in [5.41, 5.74) is 0. The predicted molar refractivity (Wildman–Crippen MR) is 247 cm³/mol. The molecule has 5 nitrogen and oxygen atoms in total. The van der Waals surface area contributed by atoms with Gasteiger partial charge in [0.15, 0.2) is 0 Å². The van der Waals surface area contributed by atoms with Gasteiger partial charge < -0.3 is 14.4 Å². The molecule has 0 aliphatic carbocycles. The molecule has 5 heteroatoms. The summed E-state index contributed by atoms with van der Waals surface area (Å²) >= 11 is 0. The first-order valence-electron chi connectivity index (χ1n) is 25.4. The van der Waals surface area contributed by atoms with Gasteiger partial charge in [-0.25, -0.2) is 0 Å². The highest BCUT2D eigenvalue weighted by molar-refractivity contribution is 5.72. The van der Waals surface area contributed by atoms with E-state index in [-0.39, 0.29) is 23.8 Å². The van der Waals surface area contributed by atoms with Gasteiger partial charge in [-0.1, -0.05) is 209 Å². The van der Waals surface area contributed by atoms with Crippen molar-refractivity contribution >= 4 is 11.9 Å². The number of nitrogens with zero attached hydrogens (tertiary/aromatic N) is 1. The Bertz CT molecular complexity index is 786. The van der Waals surface area contributed by atoms with E-state index >= 15 is 0 Å². The van der Waals surface area contributed by atoms with E-state index in [2.05, 4.69) is 53.4 Å². The molecule has 56 heavy (non-hydrogen) atoms. The van der Waals surface area contributed by atoms with E-state index in [4.69, 9.17) is 9.47 Å². The molecular formula is C51H103NO4. The highest BCUT2D eigenvalue weighted by atomic mass is 16.5. The highest BCUT2D eigenvalue weighted by Gasteiger charge is 2.20. The third kappa shape index (κ3) is 41.1. The van der Waals surface area contributed by atoms with Crippen LogP contribution in [-0.4, -0.2) is 49.7 Å². The molecule has 336 valence electrons. The number of hydrogen-bond acceptors (Lipinski definition) is 5. The standard InChI is InChI=1S/C33H67NO2.C18H36O2/c1-6-9-12-14-15-19-26-32(25-18-13-10-7-2)33(35)36-30-23-17-16-21-28-34(27-11-8-3)29-22-20-24-31(4)5;1-4-7-9-11-12-14-16-17(18(19)20-6-3)15-13-10-8-5-2/h31-32H,6-30H2,1-5H3;17H,4-16H2,1-3H3/t;17-/m.1/s1. The van der Waals surface area contributed by atoms with Gasteiger partial charge in [0.05, 0.1) is 25.0 Å². The van der Waals surface area contributed by atoms with Crippen molar-refractivity contribution in [2.45, 2.75) is 267 Å². The van der Waals surface area contributed by atoms with Crippen LogP contribution >= 0.6 is 0 Å². The summed E-state index contributed by atoms with van der Waals surface area (Å²) < 4.78 is 11.0. The van der Waals surface area contributed by atoms with Crippen LogP contribution in [0.4, 0.5) is 0 Å². The molecule has 1 unspecified atom stereocenters. The van der Waals surface area contributed by atoms with Crippen LogP contribution in [0.2, 0.25) is 0 Å². The van der Waals surface area contributed by atoms with Gasteiger partial charge in [0.2, 0.25) is 0 Å². The van der Waals surface area contributed by atoms with Crippen LogP contribution in [0, 0.1) is 17.8 Å². The normalized spacial score (nSPS) is 12.5. The zero-order valence-corrected chi connectivity index (χ0v) is 39.7. The molecular weight excluding hydrogens is 691 g/mol. The maximum atomic E-state index is 12.8. The van der Waals surface area contributed by atoms with Crippen LogP contribution in [0.15, 0.2) is 0 Å². The average molecular weight is 794 g/mol. The van der Waals surface area contributed by atoms with Crippen molar-refractivity contribution in [3.8, 4) is 0 Å². The molecule has 0 bridgehead atoms. The minimum Gasteiger partial charge on any atom is -0.466 e. The van der Waals surface area contributed by atoms with Crippen LogP contribution in [-0.2, 0) is 19.1 Å².